The van der Waals surface area contributed by atoms with Crippen molar-refractivity contribution >= 4 is 6.03 Å². The van der Waals surface area contributed by atoms with Crippen molar-refractivity contribution in [3.8, 4) is 12.3 Å². The Kier molecular flexibility index (Phi) is 3.18. The van der Waals surface area contributed by atoms with E-state index in [1.54, 1.807) is 0 Å². The Morgan fingerprint density at radius 3 is 2.85 bits per heavy atom. The molecule has 1 aliphatic carbocycles. The summed E-state index contributed by atoms with van der Waals surface area (Å²) in [7, 11) is 0. The summed E-state index contributed by atoms with van der Waals surface area (Å²) in [5.74, 6) is 3.14. The summed E-state index contributed by atoms with van der Waals surface area (Å²) in [5.41, 5.74) is 0. The molecule has 1 rings (SSSR count). The highest BCUT2D eigenvalue weighted by atomic mass is 16.2. The Balaban J connectivity index is 2.14. The lowest BCUT2D eigenvalue weighted by atomic mass is 10.2. The van der Waals surface area contributed by atoms with Crippen molar-refractivity contribution in [1.82, 2.24) is 10.6 Å². The highest BCUT2D eigenvalue weighted by Gasteiger charge is 2.33. The van der Waals surface area contributed by atoms with E-state index in [0.717, 1.165) is 6.42 Å². The first-order valence-electron chi connectivity index (χ1n) is 4.64. The second kappa shape index (κ2) is 4.18. The largest absolute Gasteiger partial charge is 0.335 e. The predicted molar refractivity (Wildman–Crippen MR) is 52.1 cm³/mol. The fraction of sp³-hybridized carbons (Fsp3) is 0.700. The van der Waals surface area contributed by atoms with Gasteiger partial charge in [-0.3, -0.25) is 0 Å². The lowest BCUT2D eigenvalue weighted by molar-refractivity contribution is 0.237. The van der Waals surface area contributed by atoms with Crippen LogP contribution in [-0.4, -0.2) is 18.1 Å². The zero-order valence-corrected chi connectivity index (χ0v) is 8.13. The molecule has 1 unspecified atom stereocenters. The SMILES string of the molecule is C#CCC(C)NC(=O)N[C@@H]1C[C@H]1C. The lowest BCUT2D eigenvalue weighted by Crippen LogP contribution is -2.41. The Bertz CT molecular complexity index is 232. The number of amides is 2. The standard InChI is InChI=1S/C10H16N2O/c1-4-5-8(3)11-10(13)12-9-6-7(9)2/h1,7-9H,5-6H2,2-3H3,(H2,11,12,13)/t7-,8?,9-/m1/s1. The minimum Gasteiger partial charge on any atom is -0.335 e. The van der Waals surface area contributed by atoms with Crippen LogP contribution in [0.3, 0.4) is 0 Å². The molecule has 0 aliphatic heterocycles. The van der Waals surface area contributed by atoms with Gasteiger partial charge in [0.2, 0.25) is 0 Å². The highest BCUT2D eigenvalue weighted by molar-refractivity contribution is 5.74. The van der Waals surface area contributed by atoms with Crippen LogP contribution in [0.15, 0.2) is 0 Å². The Morgan fingerprint density at radius 2 is 2.38 bits per heavy atom. The zero-order valence-electron chi connectivity index (χ0n) is 8.13. The van der Waals surface area contributed by atoms with Crippen LogP contribution >= 0.6 is 0 Å². The van der Waals surface area contributed by atoms with Crippen LogP contribution in [-0.2, 0) is 0 Å². The van der Waals surface area contributed by atoms with Gasteiger partial charge in [0, 0.05) is 18.5 Å². The molecule has 3 nitrogen and oxygen atoms in total. The van der Waals surface area contributed by atoms with E-state index in [-0.39, 0.29) is 12.1 Å². The average molecular weight is 180 g/mol. The van der Waals surface area contributed by atoms with Crippen molar-refractivity contribution in [3.63, 3.8) is 0 Å². The molecule has 0 aromatic carbocycles. The molecule has 2 N–H and O–H groups in total. The van der Waals surface area contributed by atoms with Crippen LogP contribution in [0.4, 0.5) is 4.79 Å². The fourth-order valence-corrected chi connectivity index (χ4v) is 1.18. The van der Waals surface area contributed by atoms with Gasteiger partial charge in [-0.05, 0) is 19.3 Å². The van der Waals surface area contributed by atoms with Crippen LogP contribution in [0.2, 0.25) is 0 Å². The molecular weight excluding hydrogens is 164 g/mol. The van der Waals surface area contributed by atoms with E-state index in [4.69, 9.17) is 6.42 Å². The first-order valence-corrected chi connectivity index (χ1v) is 4.64. The van der Waals surface area contributed by atoms with E-state index in [9.17, 15) is 4.79 Å². The minimum atomic E-state index is -0.0999. The molecule has 3 heteroatoms. The molecule has 1 fully saturated rings. The number of terminal acetylenes is 1. The number of urea groups is 1. The predicted octanol–water partition coefficient (Wildman–Crippen LogP) is 1.11. The summed E-state index contributed by atoms with van der Waals surface area (Å²) in [6, 6.07) is 0.328. The molecule has 3 atom stereocenters. The maximum absolute atomic E-state index is 11.2. The summed E-state index contributed by atoms with van der Waals surface area (Å²) < 4.78 is 0. The first kappa shape index (κ1) is 9.91. The molecule has 0 radical (unpaired) electrons. The maximum Gasteiger partial charge on any atom is 0.315 e. The topological polar surface area (TPSA) is 41.1 Å². The average Bonchev–Trinajstić information content (AvgIpc) is 2.65. The van der Waals surface area contributed by atoms with Gasteiger partial charge < -0.3 is 10.6 Å². The third-order valence-electron chi connectivity index (χ3n) is 2.23. The van der Waals surface area contributed by atoms with E-state index in [0.29, 0.717) is 18.4 Å². The van der Waals surface area contributed by atoms with Gasteiger partial charge in [0.05, 0.1) is 0 Å². The van der Waals surface area contributed by atoms with Gasteiger partial charge in [-0.15, -0.1) is 12.3 Å². The van der Waals surface area contributed by atoms with Crippen molar-refractivity contribution in [2.45, 2.75) is 38.8 Å². The normalized spacial score (nSPS) is 27.2. The summed E-state index contributed by atoms with van der Waals surface area (Å²) in [4.78, 5) is 11.2. The van der Waals surface area contributed by atoms with Gasteiger partial charge >= 0.3 is 6.03 Å². The summed E-state index contributed by atoms with van der Waals surface area (Å²) >= 11 is 0. The van der Waals surface area contributed by atoms with Gasteiger partial charge in [-0.1, -0.05) is 6.92 Å². The van der Waals surface area contributed by atoms with Gasteiger partial charge in [-0.2, -0.15) is 0 Å². The highest BCUT2D eigenvalue weighted by Crippen LogP contribution is 2.28. The number of hydrogen-bond acceptors (Lipinski definition) is 1. The van der Waals surface area contributed by atoms with E-state index in [1.165, 1.54) is 0 Å². The molecule has 72 valence electrons. The molecule has 0 bridgehead atoms. The molecule has 0 spiro atoms. The second-order valence-electron chi connectivity index (χ2n) is 3.75. The Hall–Kier alpha value is -1.17. The first-order chi connectivity index (χ1) is 6.13. The monoisotopic (exact) mass is 180 g/mol. The number of rotatable bonds is 3. The number of nitrogens with one attached hydrogen (secondary N) is 2. The third-order valence-corrected chi connectivity index (χ3v) is 2.23. The van der Waals surface area contributed by atoms with E-state index < -0.39 is 0 Å². The van der Waals surface area contributed by atoms with Crippen molar-refractivity contribution in [3.05, 3.63) is 0 Å². The molecule has 0 saturated heterocycles. The van der Waals surface area contributed by atoms with Crippen molar-refractivity contribution in [2.75, 3.05) is 0 Å². The quantitative estimate of drug-likeness (QED) is 0.627. The number of carbonyl (C=O) groups excluding carboxylic acids is 1. The smallest absolute Gasteiger partial charge is 0.315 e. The summed E-state index contributed by atoms with van der Waals surface area (Å²) in [6.45, 7) is 4.02. The van der Waals surface area contributed by atoms with E-state index in [1.807, 2.05) is 6.92 Å². The van der Waals surface area contributed by atoms with Gasteiger partial charge in [0.25, 0.3) is 0 Å². The van der Waals surface area contributed by atoms with Crippen LogP contribution in [0, 0.1) is 18.3 Å². The molecule has 1 aliphatic rings. The number of hydrogen-bond donors (Lipinski definition) is 2. The number of carbonyl (C=O) groups is 1. The van der Waals surface area contributed by atoms with Crippen LogP contribution < -0.4 is 10.6 Å². The maximum atomic E-state index is 11.2. The molecule has 0 aromatic rings. The van der Waals surface area contributed by atoms with Gasteiger partial charge in [0.1, 0.15) is 0 Å². The lowest BCUT2D eigenvalue weighted by Gasteiger charge is -2.11. The molecule has 13 heavy (non-hydrogen) atoms. The Labute approximate surface area is 79.3 Å². The van der Waals surface area contributed by atoms with Crippen LogP contribution in [0.25, 0.3) is 0 Å². The third kappa shape index (κ3) is 3.37. The zero-order chi connectivity index (χ0) is 9.84. The van der Waals surface area contributed by atoms with Crippen molar-refractivity contribution in [2.24, 2.45) is 5.92 Å². The summed E-state index contributed by atoms with van der Waals surface area (Å²) in [5, 5.41) is 5.65. The van der Waals surface area contributed by atoms with Gasteiger partial charge in [-0.25, -0.2) is 4.79 Å². The van der Waals surface area contributed by atoms with Crippen LogP contribution in [0.5, 0.6) is 0 Å². The van der Waals surface area contributed by atoms with Crippen molar-refractivity contribution in [1.29, 1.82) is 0 Å². The van der Waals surface area contributed by atoms with E-state index in [2.05, 4.69) is 23.5 Å². The molecule has 2 amide bonds. The van der Waals surface area contributed by atoms with Gasteiger partial charge in [0.15, 0.2) is 0 Å². The molecule has 1 saturated carbocycles. The fourth-order valence-electron chi connectivity index (χ4n) is 1.18. The molecule has 0 heterocycles. The molecule has 0 aromatic heterocycles. The van der Waals surface area contributed by atoms with Crippen molar-refractivity contribution < 1.29 is 4.79 Å². The van der Waals surface area contributed by atoms with E-state index >= 15 is 0 Å². The summed E-state index contributed by atoms with van der Waals surface area (Å²) in [6.07, 6.45) is 6.79. The second-order valence-corrected chi connectivity index (χ2v) is 3.75. The minimum absolute atomic E-state index is 0.0547. The Morgan fingerprint density at radius 1 is 1.77 bits per heavy atom. The molecular formula is C10H16N2O. The van der Waals surface area contributed by atoms with Crippen LogP contribution in [0.1, 0.15) is 26.7 Å².